The topological polar surface area (TPSA) is 43.8 Å². The van der Waals surface area contributed by atoms with Crippen LogP contribution in [-0.4, -0.2) is 61.0 Å². The number of likely N-dealkylation sites (N-methyl/N-ethyl adjacent to an activating group) is 1. The summed E-state index contributed by atoms with van der Waals surface area (Å²) in [5.41, 5.74) is 3.12. The Labute approximate surface area is 243 Å². The van der Waals surface area contributed by atoms with Crippen molar-refractivity contribution in [2.75, 3.05) is 34.2 Å². The Bertz CT molecular complexity index is 1140. The highest BCUT2D eigenvalue weighted by molar-refractivity contribution is 5.93. The fraction of sp³-hybridized carbons (Fsp3) is 0.472. The zero-order valence-electron chi connectivity index (χ0n) is 25.6. The lowest BCUT2D eigenvalue weighted by Gasteiger charge is -2.37. The number of aromatic hydroxyl groups is 1. The van der Waals surface area contributed by atoms with Crippen molar-refractivity contribution in [2.45, 2.75) is 76.2 Å². The first-order chi connectivity index (χ1) is 19.2. The number of phenolic OH excluding ortho intramolecular Hbond substituents is 1. The van der Waals surface area contributed by atoms with Crippen LogP contribution in [0.5, 0.6) is 5.75 Å². The summed E-state index contributed by atoms with van der Waals surface area (Å²) in [5, 5.41) is 9.68. The number of nitrogens with zero attached hydrogens (tertiary/aromatic N) is 2. The normalized spacial score (nSPS) is 18.9. The van der Waals surface area contributed by atoms with Crippen molar-refractivity contribution < 1.29 is 9.90 Å². The summed E-state index contributed by atoms with van der Waals surface area (Å²) in [5.74, 6) is 0.672. The number of benzene rings is 3. The van der Waals surface area contributed by atoms with Gasteiger partial charge < -0.3 is 14.9 Å². The number of rotatable bonds is 9. The van der Waals surface area contributed by atoms with Gasteiger partial charge in [0, 0.05) is 24.4 Å². The molecule has 4 heteroatoms. The molecule has 1 aliphatic rings. The van der Waals surface area contributed by atoms with Gasteiger partial charge in [-0.15, -0.1) is 0 Å². The molecule has 0 amide bonds. The van der Waals surface area contributed by atoms with Gasteiger partial charge in [0.2, 0.25) is 0 Å². The van der Waals surface area contributed by atoms with Crippen molar-refractivity contribution in [3.05, 3.63) is 102 Å². The minimum absolute atomic E-state index is 0.226. The van der Waals surface area contributed by atoms with Crippen LogP contribution in [0.4, 0.5) is 0 Å². The molecule has 3 aromatic carbocycles. The van der Waals surface area contributed by atoms with E-state index in [4.69, 9.17) is 0 Å². The van der Waals surface area contributed by atoms with E-state index in [1.807, 2.05) is 55.5 Å². The van der Waals surface area contributed by atoms with E-state index >= 15 is 0 Å². The van der Waals surface area contributed by atoms with E-state index in [0.29, 0.717) is 18.2 Å². The Kier molecular flexibility index (Phi) is 11.5. The van der Waals surface area contributed by atoms with Gasteiger partial charge in [0.05, 0.1) is 5.41 Å². The summed E-state index contributed by atoms with van der Waals surface area (Å²) >= 11 is 0. The lowest BCUT2D eigenvalue weighted by atomic mass is 9.67. The van der Waals surface area contributed by atoms with Crippen LogP contribution in [0.15, 0.2) is 84.9 Å². The molecule has 1 N–H and O–H groups in total. The van der Waals surface area contributed by atoms with Crippen LogP contribution in [0, 0.1) is 0 Å². The molecule has 1 saturated heterocycles. The number of hydrogen-bond donors (Lipinski definition) is 1. The Morgan fingerprint density at radius 1 is 0.950 bits per heavy atom. The van der Waals surface area contributed by atoms with Crippen LogP contribution in [0.2, 0.25) is 0 Å². The quantitative estimate of drug-likeness (QED) is 0.305. The molecular weight excluding hydrogens is 492 g/mol. The van der Waals surface area contributed by atoms with Crippen LogP contribution in [-0.2, 0) is 15.6 Å². The molecule has 0 aromatic heterocycles. The standard InChI is InChI=1S/C21H27NO.C15H23NO/c1-5-20(23)21(16-17(2)22(3)4,18-12-8-6-9-13-18)19-14-10-7-11-15-19;1-3-15(9-4-5-10-16(2)12-15)13-7-6-8-14(17)11-13/h6-15,17H,5,16H2,1-4H3;6-8,11,17H,3-5,9-10,12H2,1-2H3. The molecule has 0 spiro atoms. The van der Waals surface area contributed by atoms with E-state index in [0.717, 1.165) is 30.5 Å². The molecule has 2 unspecified atom stereocenters. The average Bonchev–Trinajstić information content (AvgIpc) is 3.18. The van der Waals surface area contributed by atoms with Gasteiger partial charge in [-0.1, -0.05) is 93.1 Å². The molecule has 3 aromatic rings. The Morgan fingerprint density at radius 2 is 1.55 bits per heavy atom. The number of likely N-dealkylation sites (tertiary alicyclic amines) is 1. The molecule has 0 bridgehead atoms. The summed E-state index contributed by atoms with van der Waals surface area (Å²) in [6, 6.07) is 28.6. The van der Waals surface area contributed by atoms with Gasteiger partial charge in [0.25, 0.3) is 0 Å². The fourth-order valence-corrected chi connectivity index (χ4v) is 6.30. The zero-order valence-corrected chi connectivity index (χ0v) is 25.6. The Balaban J connectivity index is 0.000000230. The minimum Gasteiger partial charge on any atom is -0.508 e. The van der Waals surface area contributed by atoms with E-state index in [-0.39, 0.29) is 11.2 Å². The predicted octanol–water partition coefficient (Wildman–Crippen LogP) is 7.45. The first kappa shape index (κ1) is 31.6. The molecule has 216 valence electrons. The van der Waals surface area contributed by atoms with Gasteiger partial charge in [0.15, 0.2) is 0 Å². The third-order valence-electron chi connectivity index (χ3n) is 8.97. The zero-order chi connectivity index (χ0) is 29.2. The molecule has 0 saturated carbocycles. The summed E-state index contributed by atoms with van der Waals surface area (Å²) in [6.45, 7) is 8.71. The second-order valence-corrected chi connectivity index (χ2v) is 11.8. The summed E-state index contributed by atoms with van der Waals surface area (Å²) in [7, 11) is 6.35. The molecule has 4 rings (SSSR count). The third-order valence-corrected chi connectivity index (χ3v) is 8.97. The van der Waals surface area contributed by atoms with Crippen LogP contribution in [0.1, 0.15) is 76.0 Å². The molecule has 0 radical (unpaired) electrons. The highest BCUT2D eigenvalue weighted by Gasteiger charge is 2.41. The van der Waals surface area contributed by atoms with Crippen molar-refractivity contribution in [1.29, 1.82) is 0 Å². The number of phenols is 1. The predicted molar refractivity (Wildman–Crippen MR) is 168 cm³/mol. The molecule has 1 fully saturated rings. The van der Waals surface area contributed by atoms with Crippen LogP contribution in [0.3, 0.4) is 0 Å². The van der Waals surface area contributed by atoms with E-state index in [2.05, 4.69) is 75.1 Å². The average molecular weight is 543 g/mol. The van der Waals surface area contributed by atoms with E-state index in [9.17, 15) is 9.90 Å². The first-order valence-corrected chi connectivity index (χ1v) is 15.0. The Hall–Kier alpha value is -2.95. The second kappa shape index (κ2) is 14.6. The van der Waals surface area contributed by atoms with Crippen molar-refractivity contribution in [3.8, 4) is 5.75 Å². The maximum atomic E-state index is 13.2. The molecule has 1 aliphatic heterocycles. The summed E-state index contributed by atoms with van der Waals surface area (Å²) < 4.78 is 0. The van der Waals surface area contributed by atoms with Gasteiger partial charge >= 0.3 is 0 Å². The van der Waals surface area contributed by atoms with Gasteiger partial charge in [-0.25, -0.2) is 0 Å². The van der Waals surface area contributed by atoms with Crippen molar-refractivity contribution in [3.63, 3.8) is 0 Å². The SMILES string of the molecule is CCC(=O)C(CC(C)N(C)C)(c1ccccc1)c1ccccc1.CCC1(c2cccc(O)c2)CCCCN(C)C1. The fourth-order valence-electron chi connectivity index (χ4n) is 6.30. The number of ketones is 1. The van der Waals surface area contributed by atoms with Crippen LogP contribution >= 0.6 is 0 Å². The highest BCUT2D eigenvalue weighted by atomic mass is 16.3. The first-order valence-electron chi connectivity index (χ1n) is 15.0. The number of carbonyl (C=O) groups is 1. The van der Waals surface area contributed by atoms with E-state index in [1.54, 1.807) is 6.07 Å². The van der Waals surface area contributed by atoms with Gasteiger partial charge in [0.1, 0.15) is 11.5 Å². The van der Waals surface area contributed by atoms with E-state index < -0.39 is 5.41 Å². The molecule has 1 heterocycles. The molecule has 40 heavy (non-hydrogen) atoms. The summed E-state index contributed by atoms with van der Waals surface area (Å²) in [4.78, 5) is 17.8. The number of Topliss-reactive ketones (excluding diaryl/α,β-unsaturated/α-hetero) is 1. The Morgan fingerprint density at radius 3 is 2.05 bits per heavy atom. The molecule has 0 aliphatic carbocycles. The third kappa shape index (κ3) is 7.41. The molecule has 2 atom stereocenters. The minimum atomic E-state index is -0.582. The number of carbonyl (C=O) groups excluding carboxylic acids is 1. The smallest absolute Gasteiger partial charge is 0.147 e. The van der Waals surface area contributed by atoms with Crippen molar-refractivity contribution in [2.24, 2.45) is 0 Å². The van der Waals surface area contributed by atoms with Crippen LogP contribution in [0.25, 0.3) is 0 Å². The highest BCUT2D eigenvalue weighted by Crippen LogP contribution is 2.40. The molecule has 4 nitrogen and oxygen atoms in total. The van der Waals surface area contributed by atoms with Crippen molar-refractivity contribution in [1.82, 2.24) is 9.80 Å². The van der Waals surface area contributed by atoms with Crippen molar-refractivity contribution >= 4 is 5.78 Å². The lowest BCUT2D eigenvalue weighted by molar-refractivity contribution is -0.123. The summed E-state index contributed by atoms with van der Waals surface area (Å²) in [6.07, 6.45) is 6.26. The lowest BCUT2D eigenvalue weighted by Crippen LogP contribution is -2.42. The monoisotopic (exact) mass is 542 g/mol. The van der Waals surface area contributed by atoms with Gasteiger partial charge in [-0.3, -0.25) is 4.79 Å². The van der Waals surface area contributed by atoms with Gasteiger partial charge in [-0.05, 0) is 89.1 Å². The van der Waals surface area contributed by atoms with Gasteiger partial charge in [-0.2, -0.15) is 0 Å². The van der Waals surface area contributed by atoms with Crippen LogP contribution < -0.4 is 0 Å². The maximum absolute atomic E-state index is 13.2. The largest absolute Gasteiger partial charge is 0.508 e. The molecular formula is C36H50N2O2. The van der Waals surface area contributed by atoms with E-state index in [1.165, 1.54) is 31.4 Å². The number of hydrogen-bond acceptors (Lipinski definition) is 4. The maximum Gasteiger partial charge on any atom is 0.147 e. The second-order valence-electron chi connectivity index (χ2n) is 11.8.